The van der Waals surface area contributed by atoms with Crippen molar-refractivity contribution in [1.82, 2.24) is 9.38 Å². The highest BCUT2D eigenvalue weighted by atomic mass is 16.1. The summed E-state index contributed by atoms with van der Waals surface area (Å²) in [6.07, 6.45) is 5.20. The molecule has 0 atom stereocenters. The third kappa shape index (κ3) is 1.72. The Bertz CT molecular complexity index is 628. The lowest BCUT2D eigenvalue weighted by molar-refractivity contribution is 0.574. The summed E-state index contributed by atoms with van der Waals surface area (Å²) in [5.41, 5.74) is 6.66. The SMILES string of the molecule is Nc1c(N2CCCCC2)nc2ccccn2c1=O. The maximum Gasteiger partial charge on any atom is 0.283 e. The topological polar surface area (TPSA) is 63.6 Å². The predicted molar refractivity (Wildman–Crippen MR) is 71.9 cm³/mol. The molecular weight excluding hydrogens is 228 g/mol. The van der Waals surface area contributed by atoms with Gasteiger partial charge in [0.25, 0.3) is 5.56 Å². The molecule has 0 aromatic carbocycles. The number of nitrogen functional groups attached to an aromatic ring is 1. The van der Waals surface area contributed by atoms with E-state index in [4.69, 9.17) is 5.73 Å². The van der Waals surface area contributed by atoms with Crippen LogP contribution in [0.25, 0.3) is 5.65 Å². The third-order valence-corrected chi connectivity index (χ3v) is 3.40. The van der Waals surface area contributed by atoms with E-state index in [9.17, 15) is 4.79 Å². The number of piperidine rings is 1. The minimum atomic E-state index is -0.179. The van der Waals surface area contributed by atoms with Crippen LogP contribution >= 0.6 is 0 Å². The minimum absolute atomic E-state index is 0.179. The summed E-state index contributed by atoms with van der Waals surface area (Å²) in [6.45, 7) is 1.86. The van der Waals surface area contributed by atoms with E-state index in [1.807, 2.05) is 12.1 Å². The van der Waals surface area contributed by atoms with Crippen LogP contribution in [0.4, 0.5) is 11.5 Å². The van der Waals surface area contributed by atoms with Crippen molar-refractivity contribution < 1.29 is 0 Å². The summed E-state index contributed by atoms with van der Waals surface area (Å²) in [5, 5.41) is 0. The molecule has 2 N–H and O–H groups in total. The minimum Gasteiger partial charge on any atom is -0.391 e. The fourth-order valence-electron chi connectivity index (χ4n) is 2.44. The van der Waals surface area contributed by atoms with Crippen LogP contribution in [0.3, 0.4) is 0 Å². The van der Waals surface area contributed by atoms with Crippen LogP contribution in [0.15, 0.2) is 29.2 Å². The van der Waals surface area contributed by atoms with E-state index in [1.54, 1.807) is 12.3 Å². The Balaban J connectivity index is 2.17. The molecule has 0 amide bonds. The zero-order valence-corrected chi connectivity index (χ0v) is 10.2. The number of pyridine rings is 1. The van der Waals surface area contributed by atoms with Crippen molar-refractivity contribution in [3.63, 3.8) is 0 Å². The van der Waals surface area contributed by atoms with Crippen molar-refractivity contribution in [3.05, 3.63) is 34.7 Å². The fraction of sp³-hybridized carbons (Fsp3) is 0.385. The standard InChI is InChI=1S/C13H16N4O/c14-11-12(16-7-3-1-4-8-16)15-10-6-2-5-9-17(10)13(11)18/h2,5-6,9H,1,3-4,7-8,14H2. The number of aromatic nitrogens is 2. The van der Waals surface area contributed by atoms with Gasteiger partial charge in [-0.1, -0.05) is 6.07 Å². The van der Waals surface area contributed by atoms with Gasteiger partial charge in [-0.15, -0.1) is 0 Å². The van der Waals surface area contributed by atoms with Crippen molar-refractivity contribution in [2.24, 2.45) is 0 Å². The van der Waals surface area contributed by atoms with Gasteiger partial charge in [-0.2, -0.15) is 0 Å². The molecule has 1 saturated heterocycles. The molecule has 3 rings (SSSR count). The smallest absolute Gasteiger partial charge is 0.283 e. The molecule has 0 unspecified atom stereocenters. The van der Waals surface area contributed by atoms with Crippen LogP contribution in [-0.2, 0) is 0 Å². The van der Waals surface area contributed by atoms with Crippen molar-refractivity contribution in [2.75, 3.05) is 23.7 Å². The highest BCUT2D eigenvalue weighted by Gasteiger charge is 2.18. The van der Waals surface area contributed by atoms with Crippen molar-refractivity contribution in [1.29, 1.82) is 0 Å². The molecule has 0 spiro atoms. The molecule has 2 aromatic heterocycles. The lowest BCUT2D eigenvalue weighted by atomic mass is 10.1. The number of anilines is 2. The summed E-state index contributed by atoms with van der Waals surface area (Å²) in [6, 6.07) is 5.50. The van der Waals surface area contributed by atoms with Gasteiger partial charge < -0.3 is 10.6 Å². The van der Waals surface area contributed by atoms with E-state index in [0.29, 0.717) is 11.5 Å². The number of nitrogens with zero attached hydrogens (tertiary/aromatic N) is 3. The summed E-state index contributed by atoms with van der Waals surface area (Å²) >= 11 is 0. The first-order valence-electron chi connectivity index (χ1n) is 6.29. The second-order valence-electron chi connectivity index (χ2n) is 4.63. The molecule has 0 bridgehead atoms. The highest BCUT2D eigenvalue weighted by Crippen LogP contribution is 2.21. The molecule has 0 radical (unpaired) electrons. The van der Waals surface area contributed by atoms with Crippen LogP contribution in [-0.4, -0.2) is 22.5 Å². The Morgan fingerprint density at radius 2 is 1.94 bits per heavy atom. The summed E-state index contributed by atoms with van der Waals surface area (Å²) in [7, 11) is 0. The number of rotatable bonds is 1. The Morgan fingerprint density at radius 1 is 1.17 bits per heavy atom. The molecule has 2 aromatic rings. The maximum atomic E-state index is 12.2. The number of nitrogens with two attached hydrogens (primary N) is 1. The van der Waals surface area contributed by atoms with Gasteiger partial charge >= 0.3 is 0 Å². The van der Waals surface area contributed by atoms with E-state index in [1.165, 1.54) is 10.8 Å². The van der Waals surface area contributed by atoms with Gasteiger partial charge in [0.15, 0.2) is 5.82 Å². The van der Waals surface area contributed by atoms with E-state index in [2.05, 4.69) is 9.88 Å². The van der Waals surface area contributed by atoms with Crippen LogP contribution in [0.2, 0.25) is 0 Å². The summed E-state index contributed by atoms with van der Waals surface area (Å²) in [4.78, 5) is 18.8. The Labute approximate surface area is 105 Å². The molecule has 3 heterocycles. The van der Waals surface area contributed by atoms with Crippen molar-refractivity contribution >= 4 is 17.2 Å². The Hall–Kier alpha value is -2.04. The Kier molecular flexibility index (Phi) is 2.66. The molecule has 1 aliphatic heterocycles. The predicted octanol–water partition coefficient (Wildman–Crippen LogP) is 1.27. The normalized spacial score (nSPS) is 16.1. The number of hydrogen-bond acceptors (Lipinski definition) is 4. The van der Waals surface area contributed by atoms with Gasteiger partial charge in [0.05, 0.1) is 0 Å². The lowest BCUT2D eigenvalue weighted by Gasteiger charge is -2.28. The Morgan fingerprint density at radius 3 is 2.72 bits per heavy atom. The molecule has 5 heteroatoms. The molecule has 1 fully saturated rings. The van der Waals surface area contributed by atoms with E-state index in [0.717, 1.165) is 25.9 Å². The van der Waals surface area contributed by atoms with Crippen LogP contribution in [0, 0.1) is 0 Å². The highest BCUT2D eigenvalue weighted by molar-refractivity contribution is 5.65. The molecule has 5 nitrogen and oxygen atoms in total. The van der Waals surface area contributed by atoms with Gasteiger partial charge in [-0.3, -0.25) is 9.20 Å². The average molecular weight is 244 g/mol. The first kappa shape index (κ1) is 11.1. The summed E-state index contributed by atoms with van der Waals surface area (Å²) < 4.78 is 1.49. The first-order chi connectivity index (χ1) is 8.77. The molecule has 94 valence electrons. The molecule has 0 saturated carbocycles. The zero-order valence-electron chi connectivity index (χ0n) is 10.2. The quantitative estimate of drug-likeness (QED) is 0.820. The molecule has 0 aliphatic carbocycles. The molecule has 18 heavy (non-hydrogen) atoms. The monoisotopic (exact) mass is 244 g/mol. The molecule has 1 aliphatic rings. The second kappa shape index (κ2) is 4.33. The largest absolute Gasteiger partial charge is 0.391 e. The average Bonchev–Trinajstić information content (AvgIpc) is 2.44. The van der Waals surface area contributed by atoms with E-state index >= 15 is 0 Å². The van der Waals surface area contributed by atoms with Crippen LogP contribution in [0.5, 0.6) is 0 Å². The fourth-order valence-corrected chi connectivity index (χ4v) is 2.44. The lowest BCUT2D eigenvalue weighted by Crippen LogP contribution is -2.33. The summed E-state index contributed by atoms with van der Waals surface area (Å²) in [5.74, 6) is 0.644. The number of fused-ring (bicyclic) bond motifs is 1. The van der Waals surface area contributed by atoms with E-state index < -0.39 is 0 Å². The van der Waals surface area contributed by atoms with Gasteiger partial charge in [0, 0.05) is 19.3 Å². The van der Waals surface area contributed by atoms with Gasteiger partial charge in [0.2, 0.25) is 0 Å². The third-order valence-electron chi connectivity index (χ3n) is 3.40. The van der Waals surface area contributed by atoms with Crippen molar-refractivity contribution in [3.8, 4) is 0 Å². The maximum absolute atomic E-state index is 12.2. The van der Waals surface area contributed by atoms with Gasteiger partial charge in [-0.05, 0) is 31.4 Å². The number of hydrogen-bond donors (Lipinski definition) is 1. The first-order valence-corrected chi connectivity index (χ1v) is 6.29. The molecular formula is C13H16N4O. The zero-order chi connectivity index (χ0) is 12.5. The van der Waals surface area contributed by atoms with Gasteiger partial charge in [-0.25, -0.2) is 4.98 Å². The van der Waals surface area contributed by atoms with Crippen molar-refractivity contribution in [2.45, 2.75) is 19.3 Å². The van der Waals surface area contributed by atoms with E-state index in [-0.39, 0.29) is 11.2 Å². The van der Waals surface area contributed by atoms with Gasteiger partial charge in [0.1, 0.15) is 11.3 Å². The second-order valence-corrected chi connectivity index (χ2v) is 4.63. The van der Waals surface area contributed by atoms with Crippen LogP contribution < -0.4 is 16.2 Å². The van der Waals surface area contributed by atoms with Crippen LogP contribution in [0.1, 0.15) is 19.3 Å².